The first-order valence-corrected chi connectivity index (χ1v) is 7.84. The van der Waals surface area contributed by atoms with Crippen LogP contribution < -0.4 is 5.32 Å². The van der Waals surface area contributed by atoms with E-state index >= 15 is 0 Å². The van der Waals surface area contributed by atoms with Crippen LogP contribution in [0.3, 0.4) is 0 Å². The maximum absolute atomic E-state index is 12.0. The van der Waals surface area contributed by atoms with Crippen LogP contribution in [-0.2, 0) is 17.6 Å². The normalized spacial score (nSPS) is 10.4. The van der Waals surface area contributed by atoms with Crippen LogP contribution in [0.15, 0.2) is 79.1 Å². The van der Waals surface area contributed by atoms with Crippen molar-refractivity contribution in [1.29, 1.82) is 0 Å². The summed E-state index contributed by atoms with van der Waals surface area (Å²) in [5, 5.41) is 2.98. The molecule has 3 rings (SSSR count). The first kappa shape index (κ1) is 15.1. The lowest BCUT2D eigenvalue weighted by atomic mass is 10.1. The van der Waals surface area contributed by atoms with Crippen molar-refractivity contribution < 1.29 is 4.79 Å². The quantitative estimate of drug-likeness (QED) is 0.744. The Hall–Kier alpha value is -2.81. The number of carbonyl (C=O) groups is 1. The van der Waals surface area contributed by atoms with E-state index in [9.17, 15) is 4.79 Å². The van der Waals surface area contributed by atoms with Crippen molar-refractivity contribution in [3.8, 4) is 5.69 Å². The molecule has 1 heterocycles. The molecule has 0 saturated heterocycles. The molecule has 1 aromatic heterocycles. The third kappa shape index (κ3) is 4.33. The van der Waals surface area contributed by atoms with Crippen LogP contribution in [0.4, 0.5) is 0 Å². The van der Waals surface area contributed by atoms with Gasteiger partial charge in [0.2, 0.25) is 5.91 Å². The van der Waals surface area contributed by atoms with Crippen LogP contribution in [0.5, 0.6) is 0 Å². The highest BCUT2D eigenvalue weighted by Gasteiger charge is 2.03. The van der Waals surface area contributed by atoms with Gasteiger partial charge in [0, 0.05) is 24.6 Å². The minimum Gasteiger partial charge on any atom is -0.355 e. The molecule has 0 aliphatic carbocycles. The molecule has 0 atom stereocenters. The van der Waals surface area contributed by atoms with E-state index < -0.39 is 0 Å². The predicted molar refractivity (Wildman–Crippen MR) is 92.6 cm³/mol. The van der Waals surface area contributed by atoms with Crippen molar-refractivity contribution in [1.82, 2.24) is 9.88 Å². The van der Waals surface area contributed by atoms with Crippen molar-refractivity contribution in [2.75, 3.05) is 6.54 Å². The lowest BCUT2D eigenvalue weighted by Crippen LogP contribution is -2.27. The number of nitrogens with zero attached hydrogens (tertiary/aromatic N) is 1. The molecule has 0 radical (unpaired) electrons. The van der Waals surface area contributed by atoms with E-state index in [0.29, 0.717) is 13.0 Å². The second-order valence-corrected chi connectivity index (χ2v) is 5.52. The van der Waals surface area contributed by atoms with Crippen LogP contribution in [0.2, 0.25) is 0 Å². The van der Waals surface area contributed by atoms with E-state index in [1.165, 1.54) is 5.56 Å². The molecule has 2 aromatic carbocycles. The lowest BCUT2D eigenvalue weighted by Gasteiger charge is -2.07. The van der Waals surface area contributed by atoms with Crippen molar-refractivity contribution in [3.63, 3.8) is 0 Å². The first-order chi connectivity index (χ1) is 11.3. The zero-order chi connectivity index (χ0) is 15.9. The lowest BCUT2D eigenvalue weighted by molar-refractivity contribution is -0.120. The Morgan fingerprint density at radius 2 is 1.52 bits per heavy atom. The monoisotopic (exact) mass is 304 g/mol. The summed E-state index contributed by atoms with van der Waals surface area (Å²) in [5.41, 5.74) is 3.37. The van der Waals surface area contributed by atoms with E-state index in [1.807, 2.05) is 71.6 Å². The van der Waals surface area contributed by atoms with Gasteiger partial charge in [-0.3, -0.25) is 4.79 Å². The van der Waals surface area contributed by atoms with Gasteiger partial charge < -0.3 is 9.88 Å². The molecule has 0 bridgehead atoms. The van der Waals surface area contributed by atoms with Gasteiger partial charge in [0.1, 0.15) is 0 Å². The fraction of sp³-hybridized carbons (Fsp3) is 0.150. The molecule has 23 heavy (non-hydrogen) atoms. The first-order valence-electron chi connectivity index (χ1n) is 7.84. The standard InChI is InChI=1S/C20H20N2O/c23-20(21-13-12-17-6-2-1-3-7-17)16-18-8-10-19(11-9-18)22-14-4-5-15-22/h1-11,14-15H,12-13,16H2,(H,21,23). The van der Waals surface area contributed by atoms with Gasteiger partial charge in [-0.05, 0) is 41.8 Å². The SMILES string of the molecule is O=C(Cc1ccc(-n2cccc2)cc1)NCCc1ccccc1. The number of hydrogen-bond donors (Lipinski definition) is 1. The molecular formula is C20H20N2O. The average Bonchev–Trinajstić information content (AvgIpc) is 3.11. The van der Waals surface area contributed by atoms with Crippen molar-refractivity contribution >= 4 is 5.91 Å². The summed E-state index contributed by atoms with van der Waals surface area (Å²) in [6, 6.07) is 22.3. The molecule has 0 unspecified atom stereocenters. The summed E-state index contributed by atoms with van der Waals surface area (Å²) < 4.78 is 2.05. The van der Waals surface area contributed by atoms with E-state index in [4.69, 9.17) is 0 Å². The number of carbonyl (C=O) groups excluding carboxylic acids is 1. The molecule has 1 amide bonds. The van der Waals surface area contributed by atoms with E-state index in [-0.39, 0.29) is 5.91 Å². The molecule has 1 N–H and O–H groups in total. The summed E-state index contributed by atoms with van der Waals surface area (Å²) in [5.74, 6) is 0.0645. The second-order valence-electron chi connectivity index (χ2n) is 5.52. The van der Waals surface area contributed by atoms with E-state index in [2.05, 4.69) is 17.4 Å². The number of rotatable bonds is 6. The third-order valence-electron chi connectivity index (χ3n) is 3.78. The maximum atomic E-state index is 12.0. The highest BCUT2D eigenvalue weighted by Crippen LogP contribution is 2.10. The number of nitrogens with one attached hydrogen (secondary N) is 1. The molecule has 0 aliphatic heterocycles. The fourth-order valence-corrected chi connectivity index (χ4v) is 2.53. The minimum atomic E-state index is 0.0645. The topological polar surface area (TPSA) is 34.0 Å². The third-order valence-corrected chi connectivity index (χ3v) is 3.78. The van der Waals surface area contributed by atoms with Crippen LogP contribution in [0.1, 0.15) is 11.1 Å². The largest absolute Gasteiger partial charge is 0.355 e. The molecule has 3 nitrogen and oxygen atoms in total. The van der Waals surface area contributed by atoms with Crippen LogP contribution in [-0.4, -0.2) is 17.0 Å². The van der Waals surface area contributed by atoms with Crippen molar-refractivity contribution in [2.45, 2.75) is 12.8 Å². The van der Waals surface area contributed by atoms with Gasteiger partial charge in [-0.1, -0.05) is 42.5 Å². The zero-order valence-corrected chi connectivity index (χ0v) is 13.0. The smallest absolute Gasteiger partial charge is 0.224 e. The van der Waals surface area contributed by atoms with Gasteiger partial charge in [-0.15, -0.1) is 0 Å². The molecule has 3 aromatic rings. The molecule has 0 spiro atoms. The fourth-order valence-electron chi connectivity index (χ4n) is 2.53. The number of amides is 1. The molecule has 116 valence electrons. The highest BCUT2D eigenvalue weighted by molar-refractivity contribution is 5.78. The second kappa shape index (κ2) is 7.45. The number of benzene rings is 2. The van der Waals surface area contributed by atoms with Gasteiger partial charge >= 0.3 is 0 Å². The Morgan fingerprint density at radius 3 is 2.22 bits per heavy atom. The molecule has 0 saturated carbocycles. The zero-order valence-electron chi connectivity index (χ0n) is 13.0. The van der Waals surface area contributed by atoms with E-state index in [1.54, 1.807) is 0 Å². The Kier molecular flexibility index (Phi) is 4.89. The summed E-state index contributed by atoms with van der Waals surface area (Å²) in [6.45, 7) is 0.671. The average molecular weight is 304 g/mol. The van der Waals surface area contributed by atoms with Gasteiger partial charge in [0.15, 0.2) is 0 Å². The number of aromatic nitrogens is 1. The Morgan fingerprint density at radius 1 is 0.826 bits per heavy atom. The Bertz CT molecular complexity index is 731. The summed E-state index contributed by atoms with van der Waals surface area (Å²) in [6.07, 6.45) is 5.29. The summed E-state index contributed by atoms with van der Waals surface area (Å²) >= 11 is 0. The summed E-state index contributed by atoms with van der Waals surface area (Å²) in [7, 11) is 0. The molecule has 0 aliphatic rings. The molecule has 0 fully saturated rings. The van der Waals surface area contributed by atoms with Crippen LogP contribution in [0.25, 0.3) is 5.69 Å². The van der Waals surface area contributed by atoms with Gasteiger partial charge in [0.05, 0.1) is 6.42 Å². The van der Waals surface area contributed by atoms with Gasteiger partial charge in [0.25, 0.3) is 0 Å². The molecule has 3 heteroatoms. The maximum Gasteiger partial charge on any atom is 0.224 e. The Labute approximate surface area is 136 Å². The van der Waals surface area contributed by atoms with Crippen LogP contribution >= 0.6 is 0 Å². The molecular weight excluding hydrogens is 284 g/mol. The van der Waals surface area contributed by atoms with Crippen LogP contribution in [0, 0.1) is 0 Å². The highest BCUT2D eigenvalue weighted by atomic mass is 16.1. The van der Waals surface area contributed by atoms with Gasteiger partial charge in [-0.25, -0.2) is 0 Å². The van der Waals surface area contributed by atoms with Crippen molar-refractivity contribution in [3.05, 3.63) is 90.3 Å². The predicted octanol–water partition coefficient (Wildman–Crippen LogP) is 3.38. The van der Waals surface area contributed by atoms with E-state index in [0.717, 1.165) is 17.7 Å². The Balaban J connectivity index is 1.48. The van der Waals surface area contributed by atoms with Crippen molar-refractivity contribution in [2.24, 2.45) is 0 Å². The van der Waals surface area contributed by atoms with Gasteiger partial charge in [-0.2, -0.15) is 0 Å². The number of hydrogen-bond acceptors (Lipinski definition) is 1. The minimum absolute atomic E-state index is 0.0645. The summed E-state index contributed by atoms with van der Waals surface area (Å²) in [4.78, 5) is 12.0.